The molecule has 108 valence electrons. The van der Waals surface area contributed by atoms with Crippen molar-refractivity contribution in [1.29, 1.82) is 0 Å². The molecule has 0 fully saturated rings. The standard InChI is InChI=1S/C14H24N2O3/c1-4-5-6-7-8-9-11(17)13-14(19-3)16-12(18-2)10-15-13/h10-11,17H,4-9H2,1-3H3. The summed E-state index contributed by atoms with van der Waals surface area (Å²) >= 11 is 0. The van der Waals surface area contributed by atoms with Crippen molar-refractivity contribution < 1.29 is 14.6 Å². The van der Waals surface area contributed by atoms with Crippen LogP contribution in [0.15, 0.2) is 6.20 Å². The molecule has 1 heterocycles. The highest BCUT2D eigenvalue weighted by atomic mass is 16.5. The van der Waals surface area contributed by atoms with Crippen LogP contribution in [0.2, 0.25) is 0 Å². The van der Waals surface area contributed by atoms with E-state index < -0.39 is 6.10 Å². The van der Waals surface area contributed by atoms with Gasteiger partial charge in [0.1, 0.15) is 11.8 Å². The van der Waals surface area contributed by atoms with Crippen molar-refractivity contribution in [2.45, 2.75) is 51.6 Å². The van der Waals surface area contributed by atoms with Crippen molar-refractivity contribution in [2.24, 2.45) is 0 Å². The monoisotopic (exact) mass is 268 g/mol. The quantitative estimate of drug-likeness (QED) is 0.698. The smallest absolute Gasteiger partial charge is 0.241 e. The van der Waals surface area contributed by atoms with Crippen LogP contribution in [-0.4, -0.2) is 29.3 Å². The van der Waals surface area contributed by atoms with Gasteiger partial charge in [-0.25, -0.2) is 4.98 Å². The summed E-state index contributed by atoms with van der Waals surface area (Å²) in [6.45, 7) is 2.19. The predicted molar refractivity (Wildman–Crippen MR) is 73.5 cm³/mol. The van der Waals surface area contributed by atoms with Gasteiger partial charge in [-0.05, 0) is 6.42 Å². The van der Waals surface area contributed by atoms with Crippen LogP contribution in [-0.2, 0) is 0 Å². The second-order valence-corrected chi connectivity index (χ2v) is 4.53. The Bertz CT molecular complexity index is 372. The maximum atomic E-state index is 10.1. The number of hydrogen-bond acceptors (Lipinski definition) is 5. The fourth-order valence-electron chi connectivity index (χ4n) is 1.92. The van der Waals surface area contributed by atoms with Crippen LogP contribution in [0.5, 0.6) is 11.8 Å². The van der Waals surface area contributed by atoms with Crippen molar-refractivity contribution in [3.05, 3.63) is 11.9 Å². The van der Waals surface area contributed by atoms with Crippen LogP contribution in [0.4, 0.5) is 0 Å². The minimum atomic E-state index is -0.630. The highest BCUT2D eigenvalue weighted by Crippen LogP contribution is 2.26. The lowest BCUT2D eigenvalue weighted by molar-refractivity contribution is 0.152. The number of aromatic nitrogens is 2. The first-order valence-corrected chi connectivity index (χ1v) is 6.85. The van der Waals surface area contributed by atoms with Crippen LogP contribution in [0.1, 0.15) is 57.2 Å². The van der Waals surface area contributed by atoms with E-state index in [4.69, 9.17) is 9.47 Å². The normalized spacial score (nSPS) is 12.2. The van der Waals surface area contributed by atoms with Gasteiger partial charge in [-0.1, -0.05) is 39.0 Å². The van der Waals surface area contributed by atoms with Gasteiger partial charge in [0, 0.05) is 0 Å². The van der Waals surface area contributed by atoms with Gasteiger partial charge in [0.25, 0.3) is 0 Å². The van der Waals surface area contributed by atoms with Gasteiger partial charge in [-0.2, -0.15) is 4.98 Å². The number of rotatable bonds is 9. The molecule has 0 spiro atoms. The molecule has 1 unspecified atom stereocenters. The van der Waals surface area contributed by atoms with E-state index in [1.807, 2.05) is 0 Å². The molecule has 0 aliphatic carbocycles. The number of unbranched alkanes of at least 4 members (excludes halogenated alkanes) is 4. The molecule has 0 aliphatic heterocycles. The van der Waals surface area contributed by atoms with E-state index in [2.05, 4.69) is 16.9 Å². The molecule has 0 amide bonds. The summed E-state index contributed by atoms with van der Waals surface area (Å²) in [7, 11) is 3.04. The maximum absolute atomic E-state index is 10.1. The van der Waals surface area contributed by atoms with E-state index in [0.717, 1.165) is 12.8 Å². The summed E-state index contributed by atoms with van der Waals surface area (Å²) in [6, 6.07) is 0. The van der Waals surface area contributed by atoms with Crippen LogP contribution >= 0.6 is 0 Å². The van der Waals surface area contributed by atoms with Crippen molar-refractivity contribution >= 4 is 0 Å². The third-order valence-corrected chi connectivity index (χ3v) is 3.04. The van der Waals surface area contributed by atoms with E-state index in [1.54, 1.807) is 0 Å². The SMILES string of the molecule is CCCCCCCC(O)c1ncc(OC)nc1OC. The molecule has 1 aromatic heterocycles. The molecule has 1 N–H and O–H groups in total. The van der Waals surface area contributed by atoms with E-state index in [1.165, 1.54) is 39.7 Å². The molecule has 1 aromatic rings. The van der Waals surface area contributed by atoms with Gasteiger partial charge in [-0.15, -0.1) is 0 Å². The lowest BCUT2D eigenvalue weighted by atomic mass is 10.1. The number of aliphatic hydroxyl groups is 1. The topological polar surface area (TPSA) is 64.5 Å². The highest BCUT2D eigenvalue weighted by molar-refractivity contribution is 5.24. The Hall–Kier alpha value is -1.36. The van der Waals surface area contributed by atoms with Gasteiger partial charge in [-0.3, -0.25) is 0 Å². The minimum absolute atomic E-state index is 0.334. The molecular formula is C14H24N2O3. The molecule has 19 heavy (non-hydrogen) atoms. The Kier molecular flexibility index (Phi) is 7.18. The lowest BCUT2D eigenvalue weighted by Crippen LogP contribution is -2.06. The van der Waals surface area contributed by atoms with Crippen LogP contribution in [0.3, 0.4) is 0 Å². The second-order valence-electron chi connectivity index (χ2n) is 4.53. The Balaban J connectivity index is 2.53. The Labute approximate surface area is 115 Å². The highest BCUT2D eigenvalue weighted by Gasteiger charge is 2.17. The third-order valence-electron chi connectivity index (χ3n) is 3.04. The number of aliphatic hydroxyl groups excluding tert-OH is 1. The van der Waals surface area contributed by atoms with Gasteiger partial charge >= 0.3 is 0 Å². The van der Waals surface area contributed by atoms with Crippen LogP contribution < -0.4 is 9.47 Å². The van der Waals surface area contributed by atoms with Crippen LogP contribution in [0.25, 0.3) is 0 Å². The first-order chi connectivity index (χ1) is 9.22. The molecule has 5 nitrogen and oxygen atoms in total. The molecule has 0 radical (unpaired) electrons. The van der Waals surface area contributed by atoms with E-state index in [-0.39, 0.29) is 0 Å². The van der Waals surface area contributed by atoms with E-state index >= 15 is 0 Å². The van der Waals surface area contributed by atoms with Gasteiger partial charge in [0.05, 0.1) is 20.4 Å². The molecule has 0 saturated heterocycles. The van der Waals surface area contributed by atoms with E-state index in [0.29, 0.717) is 23.9 Å². The number of hydrogen-bond donors (Lipinski definition) is 1. The zero-order valence-corrected chi connectivity index (χ0v) is 12.1. The van der Waals surface area contributed by atoms with Gasteiger partial charge in [0.15, 0.2) is 0 Å². The summed E-state index contributed by atoms with van der Waals surface area (Å²) in [5.74, 6) is 0.719. The van der Waals surface area contributed by atoms with Crippen molar-refractivity contribution in [3.63, 3.8) is 0 Å². The molecule has 0 aliphatic rings. The molecule has 0 saturated carbocycles. The number of ether oxygens (including phenoxy) is 2. The minimum Gasteiger partial charge on any atom is -0.480 e. The zero-order chi connectivity index (χ0) is 14.1. The summed E-state index contributed by atoms with van der Waals surface area (Å²) < 4.78 is 10.1. The average molecular weight is 268 g/mol. The van der Waals surface area contributed by atoms with Gasteiger partial charge < -0.3 is 14.6 Å². The van der Waals surface area contributed by atoms with Crippen molar-refractivity contribution in [1.82, 2.24) is 9.97 Å². The number of methoxy groups -OCH3 is 2. The first kappa shape index (κ1) is 15.7. The predicted octanol–water partition coefficient (Wildman–Crippen LogP) is 2.89. The van der Waals surface area contributed by atoms with E-state index in [9.17, 15) is 5.11 Å². The summed E-state index contributed by atoms with van der Waals surface area (Å²) in [4.78, 5) is 8.29. The summed E-state index contributed by atoms with van der Waals surface area (Å²) in [5.41, 5.74) is 0.485. The third kappa shape index (κ3) is 5.03. The Morgan fingerprint density at radius 1 is 1.16 bits per heavy atom. The number of nitrogens with zero attached hydrogens (tertiary/aromatic N) is 2. The fraction of sp³-hybridized carbons (Fsp3) is 0.714. The second kappa shape index (κ2) is 8.69. The summed E-state index contributed by atoms with van der Waals surface area (Å²) in [5, 5.41) is 10.1. The fourth-order valence-corrected chi connectivity index (χ4v) is 1.92. The maximum Gasteiger partial charge on any atom is 0.241 e. The average Bonchev–Trinajstić information content (AvgIpc) is 2.46. The van der Waals surface area contributed by atoms with Crippen molar-refractivity contribution in [2.75, 3.05) is 14.2 Å². The van der Waals surface area contributed by atoms with Crippen molar-refractivity contribution in [3.8, 4) is 11.8 Å². The molecular weight excluding hydrogens is 244 g/mol. The molecule has 0 bridgehead atoms. The Morgan fingerprint density at radius 3 is 2.53 bits per heavy atom. The largest absolute Gasteiger partial charge is 0.480 e. The summed E-state index contributed by atoms with van der Waals surface area (Å²) in [6.07, 6.45) is 7.36. The van der Waals surface area contributed by atoms with Gasteiger partial charge in [0.2, 0.25) is 11.8 Å². The Morgan fingerprint density at radius 2 is 1.89 bits per heavy atom. The molecule has 5 heteroatoms. The lowest BCUT2D eigenvalue weighted by Gasteiger charge is -2.13. The zero-order valence-electron chi connectivity index (χ0n) is 12.1. The molecule has 1 rings (SSSR count). The molecule has 0 aromatic carbocycles. The first-order valence-electron chi connectivity index (χ1n) is 6.85. The molecule has 1 atom stereocenters. The van der Waals surface area contributed by atoms with Crippen LogP contribution in [0, 0.1) is 0 Å².